The number of nitrogens with one attached hydrogen (secondary N) is 4. The first-order valence-corrected chi connectivity index (χ1v) is 9.05. The second-order valence-electron chi connectivity index (χ2n) is 6.06. The summed E-state index contributed by atoms with van der Waals surface area (Å²) in [6, 6.07) is 15.4. The van der Waals surface area contributed by atoms with Crippen LogP contribution in [0.4, 0.5) is 23.7 Å². The van der Waals surface area contributed by atoms with Crippen molar-refractivity contribution in [2.24, 2.45) is 0 Å². The number of rotatable bonds is 9. The molecule has 10 heteroatoms. The fourth-order valence-corrected chi connectivity index (χ4v) is 2.59. The highest BCUT2D eigenvalue weighted by Crippen LogP contribution is 2.22. The summed E-state index contributed by atoms with van der Waals surface area (Å²) in [6.07, 6.45) is 1.60. The molecule has 0 saturated carbocycles. The zero-order valence-corrected chi connectivity index (χ0v) is 15.5. The van der Waals surface area contributed by atoms with Crippen LogP contribution in [0.25, 0.3) is 11.5 Å². The molecule has 3 heterocycles. The van der Waals surface area contributed by atoms with Crippen LogP contribution in [0.5, 0.6) is 0 Å². The molecule has 4 aromatic rings. The second-order valence-corrected chi connectivity index (χ2v) is 6.06. The molecule has 0 amide bonds. The quantitative estimate of drug-likeness (QED) is 0.291. The summed E-state index contributed by atoms with van der Waals surface area (Å²) in [6.45, 7) is 0.856. The first-order chi connectivity index (χ1) is 14.3. The minimum Gasteiger partial charge on any atom is -0.463 e. The Morgan fingerprint density at radius 1 is 0.931 bits per heavy atom. The highest BCUT2D eigenvalue weighted by Gasteiger charge is 2.10. The maximum absolute atomic E-state index is 9.06. The summed E-state index contributed by atoms with van der Waals surface area (Å²) < 4.78 is 5.36. The average molecular weight is 392 g/mol. The van der Waals surface area contributed by atoms with Crippen LogP contribution < -0.4 is 16.0 Å². The molecule has 0 aliphatic heterocycles. The van der Waals surface area contributed by atoms with Gasteiger partial charge in [0.15, 0.2) is 11.6 Å². The Balaban J connectivity index is 1.51. The van der Waals surface area contributed by atoms with Crippen LogP contribution in [0.15, 0.2) is 59.2 Å². The molecule has 0 unspecified atom stereocenters. The SMILES string of the molecule is OCCNc1nc(NCc2ccccc2)nc(Nc2cc(-c3ccco3)[nH]n2)n1. The van der Waals surface area contributed by atoms with Crippen LogP contribution in [0, 0.1) is 0 Å². The van der Waals surface area contributed by atoms with Gasteiger partial charge in [-0.3, -0.25) is 5.10 Å². The minimum absolute atomic E-state index is 0.0346. The van der Waals surface area contributed by atoms with Crippen LogP contribution in [0.3, 0.4) is 0 Å². The topological polar surface area (TPSA) is 137 Å². The molecule has 0 aliphatic carbocycles. The van der Waals surface area contributed by atoms with Crippen LogP contribution in [0.2, 0.25) is 0 Å². The zero-order valence-electron chi connectivity index (χ0n) is 15.5. The van der Waals surface area contributed by atoms with Crippen LogP contribution in [0.1, 0.15) is 5.56 Å². The Kier molecular flexibility index (Phi) is 5.63. The number of H-pyrrole nitrogens is 1. The van der Waals surface area contributed by atoms with Gasteiger partial charge in [0.1, 0.15) is 5.69 Å². The fourth-order valence-electron chi connectivity index (χ4n) is 2.59. The molecule has 0 fully saturated rings. The molecular formula is C19H20N8O2. The summed E-state index contributed by atoms with van der Waals surface area (Å²) in [5.41, 5.74) is 1.83. The number of hydrogen-bond acceptors (Lipinski definition) is 9. The largest absolute Gasteiger partial charge is 0.463 e. The van der Waals surface area contributed by atoms with E-state index in [1.807, 2.05) is 36.4 Å². The Hall–Kier alpha value is -3.92. The number of aliphatic hydroxyl groups is 1. The van der Waals surface area contributed by atoms with Gasteiger partial charge < -0.3 is 25.5 Å². The van der Waals surface area contributed by atoms with E-state index in [4.69, 9.17) is 9.52 Å². The van der Waals surface area contributed by atoms with E-state index in [-0.39, 0.29) is 6.61 Å². The third-order valence-electron chi connectivity index (χ3n) is 3.93. The van der Waals surface area contributed by atoms with Crippen molar-refractivity contribution < 1.29 is 9.52 Å². The molecule has 0 atom stereocenters. The van der Waals surface area contributed by atoms with Crippen molar-refractivity contribution in [2.75, 3.05) is 29.1 Å². The first-order valence-electron chi connectivity index (χ1n) is 9.05. The Bertz CT molecular complexity index is 1030. The lowest BCUT2D eigenvalue weighted by atomic mass is 10.2. The Morgan fingerprint density at radius 3 is 2.48 bits per heavy atom. The predicted molar refractivity (Wildman–Crippen MR) is 109 cm³/mol. The average Bonchev–Trinajstić information content (AvgIpc) is 3.43. The fraction of sp³-hybridized carbons (Fsp3) is 0.158. The lowest BCUT2D eigenvalue weighted by Crippen LogP contribution is -2.13. The normalized spacial score (nSPS) is 10.7. The number of aromatic amines is 1. The number of benzene rings is 1. The summed E-state index contributed by atoms with van der Waals surface area (Å²) in [5, 5.41) is 25.3. The Morgan fingerprint density at radius 2 is 1.72 bits per heavy atom. The van der Waals surface area contributed by atoms with E-state index in [1.54, 1.807) is 18.4 Å². The molecule has 4 rings (SSSR count). The maximum atomic E-state index is 9.06. The molecule has 0 aliphatic rings. The molecule has 1 aromatic carbocycles. The monoisotopic (exact) mass is 392 g/mol. The van der Waals surface area contributed by atoms with E-state index >= 15 is 0 Å². The molecular weight excluding hydrogens is 372 g/mol. The summed E-state index contributed by atoms with van der Waals surface area (Å²) in [7, 11) is 0. The molecule has 29 heavy (non-hydrogen) atoms. The predicted octanol–water partition coefficient (Wildman–Crippen LogP) is 2.61. The van der Waals surface area contributed by atoms with Crippen molar-refractivity contribution in [1.29, 1.82) is 0 Å². The van der Waals surface area contributed by atoms with Gasteiger partial charge in [0.05, 0.1) is 12.9 Å². The van der Waals surface area contributed by atoms with Gasteiger partial charge >= 0.3 is 0 Å². The third-order valence-corrected chi connectivity index (χ3v) is 3.93. The first kappa shape index (κ1) is 18.4. The Labute approximate surface area is 166 Å². The van der Waals surface area contributed by atoms with E-state index in [2.05, 4.69) is 41.1 Å². The van der Waals surface area contributed by atoms with Crippen LogP contribution in [-0.4, -0.2) is 43.4 Å². The third kappa shape index (κ3) is 4.87. The molecule has 0 spiro atoms. The number of hydrogen-bond donors (Lipinski definition) is 5. The van der Waals surface area contributed by atoms with Gasteiger partial charge in [0.2, 0.25) is 17.8 Å². The van der Waals surface area contributed by atoms with Crippen molar-refractivity contribution in [2.45, 2.75) is 6.54 Å². The maximum Gasteiger partial charge on any atom is 0.235 e. The van der Waals surface area contributed by atoms with Gasteiger partial charge in [-0.1, -0.05) is 30.3 Å². The smallest absolute Gasteiger partial charge is 0.235 e. The standard InChI is InChI=1S/C19H20N8O2/c28-9-8-20-17-23-18(21-12-13-5-2-1-3-6-13)25-19(24-17)22-16-11-14(26-27-16)15-7-4-10-29-15/h1-7,10-11,28H,8-9,12H2,(H4,20,21,22,23,24,25,26,27). The van der Waals surface area contributed by atoms with Crippen molar-refractivity contribution in [3.8, 4) is 11.5 Å². The van der Waals surface area contributed by atoms with Gasteiger partial charge in [-0.15, -0.1) is 0 Å². The van der Waals surface area contributed by atoms with E-state index in [9.17, 15) is 0 Å². The van der Waals surface area contributed by atoms with Gasteiger partial charge in [-0.2, -0.15) is 20.1 Å². The lowest BCUT2D eigenvalue weighted by molar-refractivity contribution is 0.311. The van der Waals surface area contributed by atoms with Gasteiger partial charge in [0.25, 0.3) is 0 Å². The number of aromatic nitrogens is 5. The van der Waals surface area contributed by atoms with Crippen LogP contribution in [-0.2, 0) is 6.54 Å². The molecule has 5 N–H and O–H groups in total. The van der Waals surface area contributed by atoms with E-state index in [0.29, 0.717) is 42.5 Å². The minimum atomic E-state index is -0.0346. The van der Waals surface area contributed by atoms with Crippen molar-refractivity contribution in [1.82, 2.24) is 25.1 Å². The lowest BCUT2D eigenvalue weighted by Gasteiger charge is -2.10. The highest BCUT2D eigenvalue weighted by atomic mass is 16.3. The number of anilines is 4. The number of nitrogens with zero attached hydrogens (tertiary/aromatic N) is 4. The highest BCUT2D eigenvalue weighted by molar-refractivity contribution is 5.60. The van der Waals surface area contributed by atoms with Gasteiger partial charge in [0, 0.05) is 19.2 Å². The van der Waals surface area contributed by atoms with E-state index < -0.39 is 0 Å². The molecule has 3 aromatic heterocycles. The second kappa shape index (κ2) is 8.85. The van der Waals surface area contributed by atoms with E-state index in [1.165, 1.54) is 0 Å². The number of aliphatic hydroxyl groups excluding tert-OH is 1. The summed E-state index contributed by atoms with van der Waals surface area (Å²) in [4.78, 5) is 13.1. The summed E-state index contributed by atoms with van der Waals surface area (Å²) in [5.74, 6) is 2.26. The van der Waals surface area contributed by atoms with Crippen molar-refractivity contribution in [3.63, 3.8) is 0 Å². The van der Waals surface area contributed by atoms with Gasteiger partial charge in [-0.25, -0.2) is 0 Å². The van der Waals surface area contributed by atoms with Gasteiger partial charge in [-0.05, 0) is 17.7 Å². The van der Waals surface area contributed by atoms with E-state index in [0.717, 1.165) is 11.3 Å². The van der Waals surface area contributed by atoms with Crippen LogP contribution >= 0.6 is 0 Å². The molecule has 0 radical (unpaired) electrons. The molecule has 0 saturated heterocycles. The summed E-state index contributed by atoms with van der Waals surface area (Å²) >= 11 is 0. The molecule has 0 bridgehead atoms. The zero-order chi connectivity index (χ0) is 19.9. The van der Waals surface area contributed by atoms with Crippen molar-refractivity contribution in [3.05, 3.63) is 60.4 Å². The number of furan rings is 1. The van der Waals surface area contributed by atoms with Crippen molar-refractivity contribution >= 4 is 23.7 Å². The molecule has 148 valence electrons. The molecule has 10 nitrogen and oxygen atoms in total.